The molecular formula is C21H20N6O3. The van der Waals surface area contributed by atoms with Gasteiger partial charge in [0, 0.05) is 30.9 Å². The Morgan fingerprint density at radius 3 is 2.93 bits per heavy atom. The fourth-order valence-electron chi connectivity index (χ4n) is 3.72. The van der Waals surface area contributed by atoms with Gasteiger partial charge in [0.05, 0.1) is 36.1 Å². The van der Waals surface area contributed by atoms with E-state index in [-0.39, 0.29) is 5.91 Å². The zero-order valence-electron chi connectivity index (χ0n) is 16.6. The maximum Gasteiger partial charge on any atom is 0.261 e. The van der Waals surface area contributed by atoms with Crippen molar-refractivity contribution in [2.24, 2.45) is 7.05 Å². The van der Waals surface area contributed by atoms with Crippen molar-refractivity contribution in [3.8, 4) is 11.5 Å². The summed E-state index contributed by atoms with van der Waals surface area (Å²) in [5.41, 5.74) is 2.92. The first kappa shape index (κ1) is 18.4. The second-order valence-electron chi connectivity index (χ2n) is 7.28. The average Bonchev–Trinajstić information content (AvgIpc) is 3.42. The molecule has 0 spiro atoms. The summed E-state index contributed by atoms with van der Waals surface area (Å²) in [5.74, 6) is 0.677. The maximum absolute atomic E-state index is 13.6. The Morgan fingerprint density at radius 1 is 1.23 bits per heavy atom. The van der Waals surface area contributed by atoms with E-state index in [2.05, 4.69) is 20.2 Å². The molecule has 1 aliphatic heterocycles. The number of ether oxygens (including phenoxy) is 1. The average molecular weight is 404 g/mol. The molecule has 1 aromatic carbocycles. The largest absolute Gasteiger partial charge is 0.377 e. The normalized spacial score (nSPS) is 16.9. The number of aryl methyl sites for hydroxylation is 2. The minimum Gasteiger partial charge on any atom is -0.377 e. The van der Waals surface area contributed by atoms with Crippen LogP contribution in [0.3, 0.4) is 0 Å². The van der Waals surface area contributed by atoms with Gasteiger partial charge in [-0.15, -0.1) is 0 Å². The smallest absolute Gasteiger partial charge is 0.261 e. The van der Waals surface area contributed by atoms with Crippen molar-refractivity contribution < 1.29 is 14.1 Å². The standard InChI is InChI=1S/C21H20N6O3/c1-13-9-16(15-5-3-4-6-17(15)23-13)21(28)27-7-8-29-12-18(27)19-24-20(30-25-19)14-10-22-26(2)11-14/h3-6,9-11,18H,7-8,12H2,1-2H3/t18-/m0/s1. The van der Waals surface area contributed by atoms with E-state index in [1.807, 2.05) is 44.3 Å². The maximum atomic E-state index is 13.6. The molecule has 1 aliphatic rings. The van der Waals surface area contributed by atoms with Crippen LogP contribution in [-0.2, 0) is 11.8 Å². The van der Waals surface area contributed by atoms with Crippen LogP contribution >= 0.6 is 0 Å². The highest BCUT2D eigenvalue weighted by atomic mass is 16.5. The molecule has 5 rings (SSSR count). The predicted octanol–water partition coefficient (Wildman–Crippen LogP) is 2.54. The van der Waals surface area contributed by atoms with Crippen molar-refractivity contribution in [1.82, 2.24) is 29.8 Å². The molecule has 1 amide bonds. The third-order valence-electron chi connectivity index (χ3n) is 5.16. The van der Waals surface area contributed by atoms with Crippen LogP contribution in [0.2, 0.25) is 0 Å². The van der Waals surface area contributed by atoms with Crippen LogP contribution in [0.5, 0.6) is 0 Å². The first-order chi connectivity index (χ1) is 14.6. The summed E-state index contributed by atoms with van der Waals surface area (Å²) < 4.78 is 12.7. The zero-order valence-corrected chi connectivity index (χ0v) is 16.6. The Hall–Kier alpha value is -3.59. The van der Waals surface area contributed by atoms with Gasteiger partial charge >= 0.3 is 0 Å². The van der Waals surface area contributed by atoms with Crippen molar-refractivity contribution in [2.45, 2.75) is 13.0 Å². The molecule has 1 saturated heterocycles. The lowest BCUT2D eigenvalue weighted by Gasteiger charge is -2.34. The first-order valence-electron chi connectivity index (χ1n) is 9.68. The van der Waals surface area contributed by atoms with Gasteiger partial charge in [-0.25, -0.2) is 0 Å². The van der Waals surface area contributed by atoms with Gasteiger partial charge in [-0.05, 0) is 19.1 Å². The Morgan fingerprint density at radius 2 is 2.10 bits per heavy atom. The van der Waals surface area contributed by atoms with Crippen LogP contribution in [0, 0.1) is 6.92 Å². The van der Waals surface area contributed by atoms with Crippen molar-refractivity contribution in [1.29, 1.82) is 0 Å². The number of hydrogen-bond donors (Lipinski definition) is 0. The molecular weight excluding hydrogens is 384 g/mol. The number of nitrogens with zero attached hydrogens (tertiary/aromatic N) is 6. The lowest BCUT2D eigenvalue weighted by molar-refractivity contribution is -0.00567. The Kier molecular flexibility index (Phi) is 4.51. The fraction of sp³-hybridized carbons (Fsp3) is 0.286. The van der Waals surface area contributed by atoms with Crippen LogP contribution in [0.1, 0.15) is 27.9 Å². The third-order valence-corrected chi connectivity index (χ3v) is 5.16. The van der Waals surface area contributed by atoms with Crippen molar-refractivity contribution in [2.75, 3.05) is 19.8 Å². The number of fused-ring (bicyclic) bond motifs is 1. The van der Waals surface area contributed by atoms with Gasteiger partial charge in [0.25, 0.3) is 11.8 Å². The van der Waals surface area contributed by atoms with Gasteiger partial charge in [-0.1, -0.05) is 23.4 Å². The van der Waals surface area contributed by atoms with E-state index in [0.29, 0.717) is 37.0 Å². The van der Waals surface area contributed by atoms with E-state index in [0.717, 1.165) is 22.2 Å². The summed E-state index contributed by atoms with van der Waals surface area (Å²) in [5, 5.41) is 9.07. The number of pyridine rings is 1. The summed E-state index contributed by atoms with van der Waals surface area (Å²) in [6.45, 7) is 3.09. The van der Waals surface area contributed by atoms with Crippen LogP contribution in [0.4, 0.5) is 0 Å². The van der Waals surface area contributed by atoms with Crippen LogP contribution < -0.4 is 0 Å². The summed E-state index contributed by atoms with van der Waals surface area (Å²) in [4.78, 5) is 24.4. The van der Waals surface area contributed by atoms with Gasteiger partial charge in [0.1, 0.15) is 6.04 Å². The molecule has 0 radical (unpaired) electrons. The lowest BCUT2D eigenvalue weighted by Crippen LogP contribution is -2.44. The van der Waals surface area contributed by atoms with Gasteiger partial charge < -0.3 is 14.2 Å². The molecule has 4 heterocycles. The summed E-state index contributed by atoms with van der Waals surface area (Å²) >= 11 is 0. The van der Waals surface area contributed by atoms with Crippen LogP contribution in [-0.4, -0.2) is 55.5 Å². The molecule has 9 nitrogen and oxygen atoms in total. The number of morpholine rings is 1. The monoisotopic (exact) mass is 404 g/mol. The van der Waals surface area contributed by atoms with E-state index >= 15 is 0 Å². The molecule has 9 heteroatoms. The van der Waals surface area contributed by atoms with Gasteiger partial charge in [-0.3, -0.25) is 14.5 Å². The number of aromatic nitrogens is 5. The number of para-hydroxylation sites is 1. The highest BCUT2D eigenvalue weighted by Gasteiger charge is 2.33. The Labute approximate surface area is 172 Å². The van der Waals surface area contributed by atoms with Gasteiger partial charge in [-0.2, -0.15) is 10.1 Å². The SMILES string of the molecule is Cc1cc(C(=O)N2CCOC[C@H]2c2noc(-c3cnn(C)c3)n2)c2ccccc2n1. The van der Waals surface area contributed by atoms with E-state index in [1.54, 1.807) is 22.0 Å². The Balaban J connectivity index is 1.51. The van der Waals surface area contributed by atoms with Gasteiger partial charge in [0.15, 0.2) is 5.82 Å². The van der Waals surface area contributed by atoms with Crippen molar-refractivity contribution in [3.63, 3.8) is 0 Å². The van der Waals surface area contributed by atoms with E-state index in [9.17, 15) is 4.79 Å². The van der Waals surface area contributed by atoms with E-state index in [4.69, 9.17) is 9.26 Å². The quantitative estimate of drug-likeness (QED) is 0.517. The number of amides is 1. The number of hydrogen-bond acceptors (Lipinski definition) is 7. The minimum atomic E-state index is -0.437. The summed E-state index contributed by atoms with van der Waals surface area (Å²) in [7, 11) is 1.82. The molecule has 3 aromatic heterocycles. The number of carbonyl (C=O) groups is 1. The predicted molar refractivity (Wildman–Crippen MR) is 108 cm³/mol. The second-order valence-corrected chi connectivity index (χ2v) is 7.28. The fourth-order valence-corrected chi connectivity index (χ4v) is 3.72. The summed E-state index contributed by atoms with van der Waals surface area (Å²) in [6, 6.07) is 9.04. The van der Waals surface area contributed by atoms with Crippen LogP contribution in [0.15, 0.2) is 47.2 Å². The van der Waals surface area contributed by atoms with Crippen molar-refractivity contribution in [3.05, 3.63) is 59.8 Å². The van der Waals surface area contributed by atoms with Crippen LogP contribution in [0.25, 0.3) is 22.4 Å². The number of carbonyl (C=O) groups excluding carboxylic acids is 1. The number of rotatable bonds is 3. The minimum absolute atomic E-state index is 0.0993. The molecule has 0 N–H and O–H groups in total. The molecule has 0 aliphatic carbocycles. The highest BCUT2D eigenvalue weighted by molar-refractivity contribution is 6.06. The molecule has 1 atom stereocenters. The molecule has 0 saturated carbocycles. The van der Waals surface area contributed by atoms with Crippen molar-refractivity contribution >= 4 is 16.8 Å². The number of benzene rings is 1. The molecule has 152 valence electrons. The molecule has 0 bridgehead atoms. The van der Waals surface area contributed by atoms with Gasteiger partial charge in [0.2, 0.25) is 0 Å². The topological polar surface area (TPSA) is 99.2 Å². The molecule has 30 heavy (non-hydrogen) atoms. The zero-order chi connectivity index (χ0) is 20.7. The second kappa shape index (κ2) is 7.34. The van der Waals surface area contributed by atoms with E-state index < -0.39 is 6.04 Å². The summed E-state index contributed by atoms with van der Waals surface area (Å²) in [6.07, 6.45) is 3.45. The first-order valence-corrected chi connectivity index (χ1v) is 9.68. The third kappa shape index (κ3) is 3.22. The Bertz CT molecular complexity index is 1230. The molecule has 4 aromatic rings. The molecule has 0 unspecified atom stereocenters. The highest BCUT2D eigenvalue weighted by Crippen LogP contribution is 2.28. The van der Waals surface area contributed by atoms with E-state index in [1.165, 1.54) is 0 Å². The lowest BCUT2D eigenvalue weighted by atomic mass is 10.0. The molecule has 1 fully saturated rings.